The maximum Gasteiger partial charge on any atom is 0.248 e. The molecule has 1 atom stereocenters. The van der Waals surface area contributed by atoms with Crippen molar-refractivity contribution in [1.82, 2.24) is 4.98 Å². The maximum atomic E-state index is 13.7. The van der Waals surface area contributed by atoms with Gasteiger partial charge in [-0.2, -0.15) is 0 Å². The second-order valence-electron chi connectivity index (χ2n) is 6.41. The van der Waals surface area contributed by atoms with Gasteiger partial charge in [0.25, 0.3) is 0 Å². The van der Waals surface area contributed by atoms with Crippen molar-refractivity contribution in [1.29, 1.82) is 0 Å². The molecule has 3 rings (SSSR count). The SMILES string of the molecule is O=C(C1CCCC(F)(F)C1)N(Cc1cccnc1)c1ccc(F)cc1. The van der Waals surface area contributed by atoms with Crippen LogP contribution in [0, 0.1) is 11.7 Å². The van der Waals surface area contributed by atoms with Gasteiger partial charge < -0.3 is 4.90 Å². The third-order valence-corrected chi connectivity index (χ3v) is 4.46. The van der Waals surface area contributed by atoms with E-state index in [1.807, 2.05) is 6.07 Å². The van der Waals surface area contributed by atoms with E-state index in [1.165, 1.54) is 29.2 Å². The third-order valence-electron chi connectivity index (χ3n) is 4.46. The first-order valence-electron chi connectivity index (χ1n) is 8.28. The fourth-order valence-corrected chi connectivity index (χ4v) is 3.19. The number of halogens is 3. The lowest BCUT2D eigenvalue weighted by atomic mass is 9.85. The van der Waals surface area contributed by atoms with Gasteiger partial charge in [0.15, 0.2) is 0 Å². The molecule has 0 spiro atoms. The molecule has 1 aliphatic carbocycles. The number of rotatable bonds is 4. The fraction of sp³-hybridized carbons (Fsp3) is 0.368. The number of pyridine rings is 1. The molecule has 0 saturated heterocycles. The van der Waals surface area contributed by atoms with Crippen molar-refractivity contribution >= 4 is 11.6 Å². The summed E-state index contributed by atoms with van der Waals surface area (Å²) in [7, 11) is 0. The molecule has 3 nitrogen and oxygen atoms in total. The number of hydrogen-bond acceptors (Lipinski definition) is 2. The van der Waals surface area contributed by atoms with Crippen LogP contribution in [0.3, 0.4) is 0 Å². The van der Waals surface area contributed by atoms with Gasteiger partial charge in [0, 0.05) is 36.8 Å². The van der Waals surface area contributed by atoms with Gasteiger partial charge in [-0.25, -0.2) is 13.2 Å². The molecule has 1 heterocycles. The molecule has 1 aromatic carbocycles. The van der Waals surface area contributed by atoms with E-state index in [9.17, 15) is 18.0 Å². The van der Waals surface area contributed by atoms with Gasteiger partial charge in [0.1, 0.15) is 5.82 Å². The number of alkyl halides is 2. The minimum atomic E-state index is -2.80. The fourth-order valence-electron chi connectivity index (χ4n) is 3.19. The van der Waals surface area contributed by atoms with Crippen LogP contribution >= 0.6 is 0 Å². The van der Waals surface area contributed by atoms with Crippen molar-refractivity contribution in [2.24, 2.45) is 5.92 Å². The molecule has 0 radical (unpaired) electrons. The van der Waals surface area contributed by atoms with Crippen molar-refractivity contribution in [3.8, 4) is 0 Å². The van der Waals surface area contributed by atoms with Crippen molar-refractivity contribution in [2.75, 3.05) is 4.90 Å². The van der Waals surface area contributed by atoms with E-state index >= 15 is 0 Å². The van der Waals surface area contributed by atoms with Gasteiger partial charge in [-0.1, -0.05) is 6.07 Å². The van der Waals surface area contributed by atoms with E-state index in [0.29, 0.717) is 18.5 Å². The summed E-state index contributed by atoms with van der Waals surface area (Å²) < 4.78 is 40.7. The first kappa shape index (κ1) is 17.5. The molecule has 2 aromatic rings. The van der Waals surface area contributed by atoms with E-state index in [1.54, 1.807) is 18.5 Å². The highest BCUT2D eigenvalue weighted by Gasteiger charge is 2.40. The van der Waals surface area contributed by atoms with Gasteiger partial charge in [-0.15, -0.1) is 0 Å². The Morgan fingerprint density at radius 2 is 2.00 bits per heavy atom. The number of benzene rings is 1. The molecule has 1 aromatic heterocycles. The van der Waals surface area contributed by atoms with Crippen LogP contribution in [0.15, 0.2) is 48.8 Å². The highest BCUT2D eigenvalue weighted by atomic mass is 19.3. The molecule has 0 aliphatic heterocycles. The monoisotopic (exact) mass is 348 g/mol. The number of anilines is 1. The number of carbonyl (C=O) groups is 1. The summed E-state index contributed by atoms with van der Waals surface area (Å²) in [5.74, 6) is -4.30. The van der Waals surface area contributed by atoms with Crippen LogP contribution in [0.5, 0.6) is 0 Å². The largest absolute Gasteiger partial charge is 0.308 e. The highest BCUT2D eigenvalue weighted by molar-refractivity contribution is 5.95. The van der Waals surface area contributed by atoms with Crippen LogP contribution in [0.25, 0.3) is 0 Å². The molecule has 132 valence electrons. The van der Waals surface area contributed by atoms with Gasteiger partial charge >= 0.3 is 0 Å². The smallest absolute Gasteiger partial charge is 0.248 e. The van der Waals surface area contributed by atoms with Gasteiger partial charge in [-0.05, 0) is 48.7 Å². The molecule has 6 heteroatoms. The Bertz CT molecular complexity index is 719. The number of hydrogen-bond donors (Lipinski definition) is 0. The lowest BCUT2D eigenvalue weighted by molar-refractivity contribution is -0.129. The summed E-state index contributed by atoms with van der Waals surface area (Å²) in [4.78, 5) is 18.4. The molecular weight excluding hydrogens is 329 g/mol. The van der Waals surface area contributed by atoms with E-state index in [4.69, 9.17) is 0 Å². The average molecular weight is 348 g/mol. The standard InChI is InChI=1S/C19H19F3N2O/c20-16-5-7-17(8-6-16)24(13-14-3-2-10-23-12-14)18(25)15-4-1-9-19(21,22)11-15/h2-3,5-8,10,12,15H,1,4,9,11,13H2. The zero-order valence-corrected chi connectivity index (χ0v) is 13.7. The summed E-state index contributed by atoms with van der Waals surface area (Å²) in [5.41, 5.74) is 1.27. The number of carbonyl (C=O) groups excluding carboxylic acids is 1. The quantitative estimate of drug-likeness (QED) is 0.810. The Morgan fingerprint density at radius 1 is 1.24 bits per heavy atom. The topological polar surface area (TPSA) is 33.2 Å². The second-order valence-corrected chi connectivity index (χ2v) is 6.41. The molecule has 1 aliphatic rings. The zero-order chi connectivity index (χ0) is 17.9. The van der Waals surface area contributed by atoms with Gasteiger partial charge in [0.05, 0.1) is 6.54 Å². The highest BCUT2D eigenvalue weighted by Crippen LogP contribution is 2.38. The van der Waals surface area contributed by atoms with Crippen LogP contribution in [-0.4, -0.2) is 16.8 Å². The minimum Gasteiger partial charge on any atom is -0.308 e. The van der Waals surface area contributed by atoms with E-state index in [-0.39, 0.29) is 18.9 Å². The van der Waals surface area contributed by atoms with Crippen LogP contribution < -0.4 is 4.90 Å². The van der Waals surface area contributed by atoms with Crippen molar-refractivity contribution < 1.29 is 18.0 Å². The molecule has 0 N–H and O–H groups in total. The van der Waals surface area contributed by atoms with Crippen molar-refractivity contribution in [3.63, 3.8) is 0 Å². The first-order chi connectivity index (χ1) is 11.9. The zero-order valence-electron chi connectivity index (χ0n) is 13.7. The number of aromatic nitrogens is 1. The Balaban J connectivity index is 1.87. The molecular formula is C19H19F3N2O. The molecule has 0 bridgehead atoms. The molecule has 25 heavy (non-hydrogen) atoms. The maximum absolute atomic E-state index is 13.7. The van der Waals surface area contributed by atoms with Crippen LogP contribution in [0.1, 0.15) is 31.2 Å². The Kier molecular flexibility index (Phi) is 5.06. The number of amides is 1. The molecule has 1 saturated carbocycles. The Labute approximate surface area is 144 Å². The van der Waals surface area contributed by atoms with E-state index in [2.05, 4.69) is 4.98 Å². The number of nitrogens with zero attached hydrogens (tertiary/aromatic N) is 2. The Hall–Kier alpha value is -2.37. The predicted molar refractivity (Wildman–Crippen MR) is 88.7 cm³/mol. The second kappa shape index (κ2) is 7.25. The van der Waals surface area contributed by atoms with Crippen LogP contribution in [-0.2, 0) is 11.3 Å². The average Bonchev–Trinajstić information content (AvgIpc) is 2.60. The normalized spacial score (nSPS) is 19.4. The Morgan fingerprint density at radius 3 is 2.64 bits per heavy atom. The summed E-state index contributed by atoms with van der Waals surface area (Å²) in [6.45, 7) is 0.209. The summed E-state index contributed by atoms with van der Waals surface area (Å²) in [6, 6.07) is 9.06. The molecule has 1 amide bonds. The summed E-state index contributed by atoms with van der Waals surface area (Å²) >= 11 is 0. The van der Waals surface area contributed by atoms with Gasteiger partial charge in [-0.3, -0.25) is 9.78 Å². The van der Waals surface area contributed by atoms with E-state index < -0.39 is 24.1 Å². The first-order valence-corrected chi connectivity index (χ1v) is 8.28. The van der Waals surface area contributed by atoms with Crippen molar-refractivity contribution in [2.45, 2.75) is 38.2 Å². The summed E-state index contributed by atoms with van der Waals surface area (Å²) in [6.07, 6.45) is 3.41. The van der Waals surface area contributed by atoms with Crippen LogP contribution in [0.2, 0.25) is 0 Å². The van der Waals surface area contributed by atoms with E-state index in [0.717, 1.165) is 5.56 Å². The van der Waals surface area contributed by atoms with Crippen molar-refractivity contribution in [3.05, 3.63) is 60.2 Å². The molecule has 1 unspecified atom stereocenters. The molecule has 1 fully saturated rings. The summed E-state index contributed by atoms with van der Waals surface area (Å²) in [5, 5.41) is 0. The van der Waals surface area contributed by atoms with Gasteiger partial charge in [0.2, 0.25) is 11.8 Å². The predicted octanol–water partition coefficient (Wildman–Crippen LogP) is 4.58. The van der Waals surface area contributed by atoms with Crippen LogP contribution in [0.4, 0.5) is 18.9 Å². The lowest BCUT2D eigenvalue weighted by Crippen LogP contribution is -2.40. The lowest BCUT2D eigenvalue weighted by Gasteiger charge is -2.32. The third kappa shape index (κ3) is 4.38. The minimum absolute atomic E-state index is 0.171.